The van der Waals surface area contributed by atoms with Crippen LogP contribution in [0.4, 0.5) is 15.8 Å². The number of amides is 2. The molecule has 0 saturated heterocycles. The molecule has 0 fully saturated rings. The summed E-state index contributed by atoms with van der Waals surface area (Å²) in [6.07, 6.45) is 1.35. The fourth-order valence-corrected chi connectivity index (χ4v) is 3.77. The number of aromatic nitrogens is 3. The predicted molar refractivity (Wildman–Crippen MR) is 120 cm³/mol. The number of ether oxygens (including phenoxy) is 1. The Hall–Kier alpha value is -4.05. The molecule has 32 heavy (non-hydrogen) atoms. The van der Waals surface area contributed by atoms with Crippen LogP contribution in [-0.2, 0) is 0 Å². The highest BCUT2D eigenvalue weighted by molar-refractivity contribution is 7.16. The zero-order valence-corrected chi connectivity index (χ0v) is 17.9. The Morgan fingerprint density at radius 3 is 2.41 bits per heavy atom. The highest BCUT2D eigenvalue weighted by atomic mass is 32.1. The molecule has 162 valence electrons. The minimum atomic E-state index is -0.566. The smallest absolute Gasteiger partial charge is 0.265 e. The van der Waals surface area contributed by atoms with E-state index in [1.165, 1.54) is 18.5 Å². The molecule has 0 spiro atoms. The normalized spacial score (nSPS) is 10.6. The second-order valence-electron chi connectivity index (χ2n) is 6.77. The molecule has 3 N–H and O–H groups in total. The van der Waals surface area contributed by atoms with Gasteiger partial charge >= 0.3 is 0 Å². The molecule has 2 amide bonds. The van der Waals surface area contributed by atoms with E-state index in [-0.39, 0.29) is 23.0 Å². The van der Waals surface area contributed by atoms with Crippen LogP contribution < -0.4 is 15.4 Å². The van der Waals surface area contributed by atoms with Gasteiger partial charge < -0.3 is 15.4 Å². The first-order valence-electron chi connectivity index (χ1n) is 9.47. The number of halogens is 1. The number of hydrogen-bond acceptors (Lipinski definition) is 6. The Morgan fingerprint density at radius 1 is 1.03 bits per heavy atom. The number of H-pyrrole nitrogens is 1. The van der Waals surface area contributed by atoms with Crippen molar-refractivity contribution in [2.45, 2.75) is 6.92 Å². The lowest BCUT2D eigenvalue weighted by Gasteiger charge is -2.09. The molecule has 4 aromatic rings. The van der Waals surface area contributed by atoms with Crippen molar-refractivity contribution in [1.82, 2.24) is 15.2 Å². The first-order chi connectivity index (χ1) is 15.4. The number of aryl methyl sites for hydroxylation is 1. The topological polar surface area (TPSA) is 109 Å². The maximum Gasteiger partial charge on any atom is 0.265 e. The Bertz CT molecular complexity index is 1290. The Kier molecular flexibility index (Phi) is 5.95. The number of anilines is 2. The maximum absolute atomic E-state index is 14.4. The van der Waals surface area contributed by atoms with Crippen molar-refractivity contribution in [1.29, 1.82) is 0 Å². The standard InChI is InChI=1S/C22H18FN5O3S/c1-12-9-14(31-2)4-6-17(12)27-22(30)19-8-7-18(32-19)21(29)26-13-3-5-15(16(23)10-13)20-24-11-25-28-20/h3-11H,1-2H3,(H,26,29)(H,27,30)(H,24,25,28). The highest BCUT2D eigenvalue weighted by Gasteiger charge is 2.16. The monoisotopic (exact) mass is 451 g/mol. The van der Waals surface area contributed by atoms with E-state index in [9.17, 15) is 14.0 Å². The van der Waals surface area contributed by atoms with Crippen molar-refractivity contribution >= 4 is 34.5 Å². The number of thiophene rings is 1. The summed E-state index contributed by atoms with van der Waals surface area (Å²) in [5.41, 5.74) is 1.99. The van der Waals surface area contributed by atoms with Crippen LogP contribution in [0.1, 0.15) is 24.9 Å². The van der Waals surface area contributed by atoms with Gasteiger partial charge in [-0.2, -0.15) is 5.10 Å². The number of nitrogens with zero attached hydrogens (tertiary/aromatic N) is 2. The molecule has 0 radical (unpaired) electrons. The SMILES string of the molecule is COc1ccc(NC(=O)c2ccc(C(=O)Nc3ccc(-c4nc[nH]n4)c(F)c3)s2)c(C)c1. The molecule has 8 nitrogen and oxygen atoms in total. The zero-order chi connectivity index (χ0) is 22.7. The number of rotatable bonds is 6. The number of methoxy groups -OCH3 is 1. The third-order valence-corrected chi connectivity index (χ3v) is 5.70. The largest absolute Gasteiger partial charge is 0.497 e. The van der Waals surface area contributed by atoms with E-state index in [0.717, 1.165) is 16.9 Å². The summed E-state index contributed by atoms with van der Waals surface area (Å²) in [6.45, 7) is 1.86. The molecule has 0 bridgehead atoms. The quantitative estimate of drug-likeness (QED) is 0.400. The van der Waals surface area contributed by atoms with Crippen molar-refractivity contribution in [3.05, 3.63) is 76.0 Å². The molecule has 4 rings (SSSR count). The van der Waals surface area contributed by atoms with E-state index in [1.807, 2.05) is 13.0 Å². The predicted octanol–water partition coefficient (Wildman–Crippen LogP) is 4.49. The number of carbonyl (C=O) groups is 2. The van der Waals surface area contributed by atoms with Crippen molar-refractivity contribution in [3.8, 4) is 17.1 Å². The number of nitrogens with one attached hydrogen (secondary N) is 3. The second-order valence-corrected chi connectivity index (χ2v) is 7.85. The summed E-state index contributed by atoms with van der Waals surface area (Å²) < 4.78 is 19.5. The van der Waals surface area contributed by atoms with Crippen LogP contribution in [0.5, 0.6) is 5.75 Å². The van der Waals surface area contributed by atoms with Crippen molar-refractivity contribution in [2.24, 2.45) is 0 Å². The molecule has 0 aliphatic rings. The number of hydrogen-bond donors (Lipinski definition) is 3. The van der Waals surface area contributed by atoms with E-state index in [4.69, 9.17) is 4.74 Å². The number of benzene rings is 2. The average molecular weight is 451 g/mol. The lowest BCUT2D eigenvalue weighted by atomic mass is 10.2. The van der Waals surface area contributed by atoms with Crippen molar-refractivity contribution in [3.63, 3.8) is 0 Å². The van der Waals surface area contributed by atoms with Crippen LogP contribution in [0.3, 0.4) is 0 Å². The van der Waals surface area contributed by atoms with Crippen LogP contribution in [-0.4, -0.2) is 34.1 Å². The zero-order valence-electron chi connectivity index (χ0n) is 17.1. The van der Waals surface area contributed by atoms with Crippen LogP contribution in [0, 0.1) is 12.7 Å². The van der Waals surface area contributed by atoms with E-state index >= 15 is 0 Å². The minimum Gasteiger partial charge on any atom is -0.497 e. The highest BCUT2D eigenvalue weighted by Crippen LogP contribution is 2.25. The minimum absolute atomic E-state index is 0.216. The molecule has 2 heterocycles. The molecule has 0 atom stereocenters. The van der Waals surface area contributed by atoms with Gasteiger partial charge in [0.1, 0.15) is 17.9 Å². The lowest BCUT2D eigenvalue weighted by Crippen LogP contribution is -2.12. The first-order valence-corrected chi connectivity index (χ1v) is 10.3. The molecular weight excluding hydrogens is 433 g/mol. The van der Waals surface area contributed by atoms with Gasteiger partial charge in [0.05, 0.1) is 22.4 Å². The average Bonchev–Trinajstić information content (AvgIpc) is 3.48. The van der Waals surface area contributed by atoms with Crippen molar-refractivity contribution in [2.75, 3.05) is 17.7 Å². The van der Waals surface area contributed by atoms with Gasteiger partial charge in [-0.3, -0.25) is 14.7 Å². The molecular formula is C22H18FN5O3S. The van der Waals surface area contributed by atoms with Crippen LogP contribution in [0.25, 0.3) is 11.4 Å². The molecule has 10 heteroatoms. The number of aromatic amines is 1. The molecule has 0 aliphatic carbocycles. The molecule has 2 aromatic carbocycles. The Balaban J connectivity index is 1.43. The fraction of sp³-hybridized carbons (Fsp3) is 0.0909. The first kappa shape index (κ1) is 21.2. The Morgan fingerprint density at radius 2 is 1.78 bits per heavy atom. The Labute approximate surface area is 186 Å². The third-order valence-electron chi connectivity index (χ3n) is 4.62. The molecule has 0 aliphatic heterocycles. The van der Waals surface area contributed by atoms with E-state index in [0.29, 0.717) is 21.2 Å². The summed E-state index contributed by atoms with van der Waals surface area (Å²) in [6, 6.07) is 12.7. The maximum atomic E-state index is 14.4. The van der Waals surface area contributed by atoms with Crippen LogP contribution in [0.2, 0.25) is 0 Å². The van der Waals surface area contributed by atoms with Crippen LogP contribution in [0.15, 0.2) is 54.9 Å². The van der Waals surface area contributed by atoms with E-state index in [1.54, 1.807) is 37.4 Å². The van der Waals surface area contributed by atoms with Crippen molar-refractivity contribution < 1.29 is 18.7 Å². The van der Waals surface area contributed by atoms with Gasteiger partial charge in [0.15, 0.2) is 5.82 Å². The van der Waals surface area contributed by atoms with Crippen LogP contribution >= 0.6 is 11.3 Å². The third kappa shape index (κ3) is 4.49. The fourth-order valence-electron chi connectivity index (χ4n) is 2.97. The van der Waals surface area contributed by atoms with E-state index < -0.39 is 11.7 Å². The molecule has 0 saturated carbocycles. The second kappa shape index (κ2) is 8.98. The molecule has 2 aromatic heterocycles. The van der Waals surface area contributed by atoms with E-state index in [2.05, 4.69) is 25.8 Å². The molecule has 0 unspecified atom stereocenters. The van der Waals surface area contributed by atoms with Gasteiger partial charge in [-0.05, 0) is 61.0 Å². The summed E-state index contributed by atoms with van der Waals surface area (Å²) in [4.78, 5) is 29.7. The van der Waals surface area contributed by atoms with Gasteiger partial charge in [0, 0.05) is 11.4 Å². The van der Waals surface area contributed by atoms with Gasteiger partial charge in [-0.25, -0.2) is 9.37 Å². The lowest BCUT2D eigenvalue weighted by molar-refractivity contribution is 0.102. The summed E-state index contributed by atoms with van der Waals surface area (Å²) in [5, 5.41) is 11.8. The summed E-state index contributed by atoms with van der Waals surface area (Å²) >= 11 is 1.04. The summed E-state index contributed by atoms with van der Waals surface area (Å²) in [7, 11) is 1.57. The van der Waals surface area contributed by atoms with Gasteiger partial charge in [0.25, 0.3) is 11.8 Å². The van der Waals surface area contributed by atoms with Gasteiger partial charge in [-0.15, -0.1) is 11.3 Å². The van der Waals surface area contributed by atoms with Gasteiger partial charge in [0.2, 0.25) is 0 Å². The summed E-state index contributed by atoms with van der Waals surface area (Å²) in [5.74, 6) is -0.422. The van der Waals surface area contributed by atoms with Gasteiger partial charge in [-0.1, -0.05) is 0 Å². The number of carbonyl (C=O) groups excluding carboxylic acids is 2.